The van der Waals surface area contributed by atoms with E-state index in [0.29, 0.717) is 27.2 Å². The number of pyridine rings is 1. The molecule has 7 nitrogen and oxygen atoms in total. The lowest BCUT2D eigenvalue weighted by Crippen LogP contribution is -2.13. The number of aromatic nitrogens is 6. The zero-order valence-electron chi connectivity index (χ0n) is 18.8. The third-order valence-corrected chi connectivity index (χ3v) is 7.57. The fourth-order valence-corrected chi connectivity index (χ4v) is 5.83. The van der Waals surface area contributed by atoms with Crippen molar-refractivity contribution in [2.75, 3.05) is 0 Å². The van der Waals surface area contributed by atoms with E-state index in [9.17, 15) is 18.0 Å². The minimum absolute atomic E-state index is 0.201. The van der Waals surface area contributed by atoms with Gasteiger partial charge in [-0.2, -0.15) is 13.2 Å². The van der Waals surface area contributed by atoms with E-state index < -0.39 is 11.7 Å². The van der Waals surface area contributed by atoms with Gasteiger partial charge in [-0.25, -0.2) is 4.98 Å². The van der Waals surface area contributed by atoms with Crippen LogP contribution < -0.4 is 5.56 Å². The molecule has 6 aromatic rings. The Labute approximate surface area is 215 Å². The van der Waals surface area contributed by atoms with Crippen molar-refractivity contribution >= 4 is 38.3 Å². The van der Waals surface area contributed by atoms with Crippen LogP contribution in [0.4, 0.5) is 13.2 Å². The van der Waals surface area contributed by atoms with E-state index in [1.165, 1.54) is 35.2 Å². The van der Waals surface area contributed by atoms with Gasteiger partial charge < -0.3 is 0 Å². The summed E-state index contributed by atoms with van der Waals surface area (Å²) in [7, 11) is 0. The summed E-state index contributed by atoms with van der Waals surface area (Å²) in [6.45, 7) is 0. The molecular weight excluding hydrogens is 521 g/mol. The number of hydrogen-bond donors (Lipinski definition) is 0. The number of benzene rings is 2. The third kappa shape index (κ3) is 4.38. The second-order valence-corrected chi connectivity index (χ2v) is 9.95. The highest BCUT2D eigenvalue weighted by Crippen LogP contribution is 2.34. The summed E-state index contributed by atoms with van der Waals surface area (Å²) in [6.07, 6.45) is -1.34. The van der Waals surface area contributed by atoms with Crippen molar-refractivity contribution in [2.24, 2.45) is 0 Å². The number of fused-ring (bicyclic) bond motifs is 3. The minimum atomic E-state index is -4.50. The molecule has 12 heteroatoms. The summed E-state index contributed by atoms with van der Waals surface area (Å²) in [6, 6.07) is 17.5. The number of nitrogens with zero attached hydrogens (tertiary/aromatic N) is 6. The zero-order valence-corrected chi connectivity index (χ0v) is 20.4. The van der Waals surface area contributed by atoms with E-state index in [2.05, 4.69) is 20.2 Å². The van der Waals surface area contributed by atoms with Crippen molar-refractivity contribution in [2.45, 2.75) is 17.1 Å². The van der Waals surface area contributed by atoms with Crippen LogP contribution in [0.25, 0.3) is 32.3 Å². The van der Waals surface area contributed by atoms with Gasteiger partial charge in [0, 0.05) is 29.8 Å². The smallest absolute Gasteiger partial charge is 0.270 e. The van der Waals surface area contributed by atoms with Crippen LogP contribution in [0, 0.1) is 0 Å². The summed E-state index contributed by atoms with van der Waals surface area (Å²) in [5.74, 6) is 0.618. The highest BCUT2D eigenvalue weighted by atomic mass is 32.2. The van der Waals surface area contributed by atoms with Crippen LogP contribution >= 0.6 is 23.1 Å². The van der Waals surface area contributed by atoms with Crippen molar-refractivity contribution in [3.8, 4) is 17.1 Å². The monoisotopic (exact) mass is 536 g/mol. The SMILES string of the molecule is O=c1cc(CSc2nnc(-c3cccnc3)n2-c2cccc(C(F)(F)F)c2)nc2sc3ccccc3n12. The van der Waals surface area contributed by atoms with Crippen molar-refractivity contribution in [1.29, 1.82) is 0 Å². The summed E-state index contributed by atoms with van der Waals surface area (Å²) < 4.78 is 44.4. The van der Waals surface area contributed by atoms with Crippen molar-refractivity contribution in [3.63, 3.8) is 0 Å². The summed E-state index contributed by atoms with van der Waals surface area (Å²) in [5.41, 5.74) is 1.20. The fourth-order valence-electron chi connectivity index (χ4n) is 3.94. The van der Waals surface area contributed by atoms with E-state index >= 15 is 0 Å². The van der Waals surface area contributed by atoms with Crippen molar-refractivity contribution < 1.29 is 13.2 Å². The average molecular weight is 537 g/mol. The second kappa shape index (κ2) is 9.12. The molecule has 2 aromatic carbocycles. The Morgan fingerprint density at radius 2 is 1.84 bits per heavy atom. The molecule has 4 heterocycles. The highest BCUT2D eigenvalue weighted by molar-refractivity contribution is 7.98. The molecule has 0 unspecified atom stereocenters. The Balaban J connectivity index is 1.40. The molecule has 0 N–H and O–H groups in total. The molecule has 0 bridgehead atoms. The number of thiazole rings is 1. The first kappa shape index (κ1) is 23.4. The molecule has 0 radical (unpaired) electrons. The van der Waals surface area contributed by atoms with Crippen LogP contribution in [0.3, 0.4) is 0 Å². The molecule has 0 aliphatic heterocycles. The number of rotatable bonds is 5. The number of thioether (sulfide) groups is 1. The lowest BCUT2D eigenvalue weighted by Gasteiger charge is -2.13. The Hall–Kier alpha value is -4.03. The second-order valence-electron chi connectivity index (χ2n) is 7.99. The molecule has 4 aromatic heterocycles. The Morgan fingerprint density at radius 3 is 2.65 bits per heavy atom. The Bertz CT molecular complexity index is 1810. The summed E-state index contributed by atoms with van der Waals surface area (Å²) >= 11 is 2.64. The molecule has 0 aliphatic rings. The van der Waals surface area contributed by atoms with E-state index in [0.717, 1.165) is 22.3 Å². The maximum Gasteiger partial charge on any atom is 0.416 e. The Morgan fingerprint density at radius 1 is 0.973 bits per heavy atom. The van der Waals surface area contributed by atoms with Gasteiger partial charge in [0.1, 0.15) is 0 Å². The molecule has 37 heavy (non-hydrogen) atoms. The molecule has 0 amide bonds. The van der Waals surface area contributed by atoms with E-state index in [-0.39, 0.29) is 17.0 Å². The van der Waals surface area contributed by atoms with Gasteiger partial charge >= 0.3 is 6.18 Å². The fraction of sp³-hybridized carbons (Fsp3) is 0.0800. The van der Waals surface area contributed by atoms with E-state index in [1.54, 1.807) is 39.6 Å². The van der Waals surface area contributed by atoms with Gasteiger partial charge in [-0.3, -0.25) is 18.7 Å². The minimum Gasteiger partial charge on any atom is -0.270 e. The first-order chi connectivity index (χ1) is 17.9. The van der Waals surface area contributed by atoms with Gasteiger partial charge in [0.15, 0.2) is 15.9 Å². The molecular formula is C25H15F3N6OS2. The maximum atomic E-state index is 13.5. The molecule has 0 saturated carbocycles. The molecule has 0 spiro atoms. The molecule has 6 rings (SSSR count). The van der Waals surface area contributed by atoms with Crippen molar-refractivity contribution in [3.05, 3.63) is 101 Å². The predicted octanol–water partition coefficient (Wildman–Crippen LogP) is 5.86. The maximum absolute atomic E-state index is 13.5. The van der Waals surface area contributed by atoms with Crippen LogP contribution in [0.1, 0.15) is 11.3 Å². The summed E-state index contributed by atoms with van der Waals surface area (Å²) in [5, 5.41) is 8.86. The largest absolute Gasteiger partial charge is 0.416 e. The van der Waals surface area contributed by atoms with E-state index in [4.69, 9.17) is 0 Å². The third-order valence-electron chi connectivity index (χ3n) is 5.58. The zero-order chi connectivity index (χ0) is 25.6. The molecule has 0 fully saturated rings. The number of hydrogen-bond acceptors (Lipinski definition) is 7. The van der Waals surface area contributed by atoms with Crippen LogP contribution in [0.15, 0.2) is 89.1 Å². The van der Waals surface area contributed by atoms with Gasteiger partial charge in [0.05, 0.1) is 27.2 Å². The van der Waals surface area contributed by atoms with Gasteiger partial charge in [-0.05, 0) is 42.5 Å². The molecule has 0 atom stereocenters. The lowest BCUT2D eigenvalue weighted by molar-refractivity contribution is -0.137. The summed E-state index contributed by atoms with van der Waals surface area (Å²) in [4.78, 5) is 22.2. The topological polar surface area (TPSA) is 78.0 Å². The van der Waals surface area contributed by atoms with Gasteiger partial charge in [-0.1, -0.05) is 41.3 Å². The first-order valence-electron chi connectivity index (χ1n) is 10.9. The van der Waals surface area contributed by atoms with Crippen LogP contribution in [0.5, 0.6) is 0 Å². The Kier molecular flexibility index (Phi) is 5.76. The number of alkyl halides is 3. The van der Waals surface area contributed by atoms with Crippen LogP contribution in [-0.2, 0) is 11.9 Å². The molecule has 0 aliphatic carbocycles. The van der Waals surface area contributed by atoms with Crippen LogP contribution in [-0.4, -0.2) is 29.1 Å². The molecule has 0 saturated heterocycles. The predicted molar refractivity (Wildman–Crippen MR) is 136 cm³/mol. The molecule has 184 valence electrons. The first-order valence-corrected chi connectivity index (χ1v) is 12.8. The number of halogens is 3. The lowest BCUT2D eigenvalue weighted by atomic mass is 10.2. The quantitative estimate of drug-likeness (QED) is 0.257. The average Bonchev–Trinajstić information content (AvgIpc) is 3.49. The highest BCUT2D eigenvalue weighted by Gasteiger charge is 2.31. The standard InChI is InChI=1S/C25H15F3N6OS2/c26-25(27,28)16-6-3-7-18(11-16)33-22(15-5-4-10-29-13-15)31-32-24(33)36-14-17-12-21(35)34-19-8-1-2-9-20(19)37-23(34)30-17/h1-13H,14H2. The normalized spacial score (nSPS) is 12.0. The van der Waals surface area contributed by atoms with Crippen LogP contribution in [0.2, 0.25) is 0 Å². The van der Waals surface area contributed by atoms with E-state index in [1.807, 2.05) is 24.3 Å². The van der Waals surface area contributed by atoms with Gasteiger partial charge in [-0.15, -0.1) is 10.2 Å². The van der Waals surface area contributed by atoms with Gasteiger partial charge in [0.25, 0.3) is 5.56 Å². The van der Waals surface area contributed by atoms with Gasteiger partial charge in [0.2, 0.25) is 0 Å². The van der Waals surface area contributed by atoms with Crippen molar-refractivity contribution in [1.82, 2.24) is 29.1 Å². The number of para-hydroxylation sites is 1.